The summed E-state index contributed by atoms with van der Waals surface area (Å²) in [7, 11) is -2.10. The Morgan fingerprint density at radius 3 is 2.00 bits per heavy atom. The predicted molar refractivity (Wildman–Crippen MR) is 69.9 cm³/mol. The van der Waals surface area contributed by atoms with E-state index < -0.39 is 12.8 Å². The van der Waals surface area contributed by atoms with E-state index in [0.29, 0.717) is 5.30 Å². The Kier molecular flexibility index (Phi) is 3.95. The predicted octanol–water partition coefficient (Wildman–Crippen LogP) is 3.12. The van der Waals surface area contributed by atoms with Crippen LogP contribution in [0.25, 0.3) is 0 Å². The second-order valence-electron chi connectivity index (χ2n) is 5.12. The molecule has 1 unspecified atom stereocenters. The van der Waals surface area contributed by atoms with E-state index in [4.69, 9.17) is 4.52 Å². The maximum absolute atomic E-state index is 12.7. The van der Waals surface area contributed by atoms with Crippen molar-refractivity contribution < 1.29 is 13.9 Å². The Morgan fingerprint density at radius 1 is 1.18 bits per heavy atom. The summed E-state index contributed by atoms with van der Waals surface area (Å²) in [4.78, 5) is 12.2. The van der Waals surface area contributed by atoms with Crippen LogP contribution in [0.5, 0.6) is 0 Å². The van der Waals surface area contributed by atoms with Gasteiger partial charge in [-0.05, 0) is 19.1 Å². The molecule has 0 aliphatic rings. The number of rotatable bonds is 3. The topological polar surface area (TPSA) is 43.4 Å². The Hall–Kier alpha value is -0.920. The summed E-state index contributed by atoms with van der Waals surface area (Å²) >= 11 is 0. The molecule has 0 heterocycles. The van der Waals surface area contributed by atoms with Crippen LogP contribution < -0.4 is 5.30 Å². The number of carbonyl (C=O) groups excluding carboxylic acids is 1. The van der Waals surface area contributed by atoms with E-state index in [-0.39, 0.29) is 5.52 Å². The third kappa shape index (κ3) is 2.85. The van der Waals surface area contributed by atoms with Crippen LogP contribution in [0.2, 0.25) is 0 Å². The molecule has 0 radical (unpaired) electrons. The molecule has 0 saturated heterocycles. The fourth-order valence-electron chi connectivity index (χ4n) is 1.49. The lowest BCUT2D eigenvalue weighted by Gasteiger charge is -2.23. The van der Waals surface area contributed by atoms with Crippen molar-refractivity contribution in [3.05, 3.63) is 29.8 Å². The fraction of sp³-hybridized carbons (Fsp3) is 0.462. The van der Waals surface area contributed by atoms with Gasteiger partial charge in [0.1, 0.15) is 0 Å². The van der Waals surface area contributed by atoms with Gasteiger partial charge >= 0.3 is 0 Å². The minimum Gasteiger partial charge on any atom is -0.323 e. The van der Waals surface area contributed by atoms with Crippen LogP contribution >= 0.6 is 7.37 Å². The molecule has 0 spiro atoms. The van der Waals surface area contributed by atoms with E-state index in [1.165, 1.54) is 7.11 Å². The fourth-order valence-corrected chi connectivity index (χ4v) is 3.52. The average Bonchev–Trinajstić information content (AvgIpc) is 2.26. The maximum Gasteiger partial charge on any atom is 0.296 e. The van der Waals surface area contributed by atoms with Crippen molar-refractivity contribution in [1.29, 1.82) is 0 Å². The highest BCUT2D eigenvalue weighted by Crippen LogP contribution is 2.50. The van der Waals surface area contributed by atoms with Crippen LogP contribution in [0.1, 0.15) is 26.3 Å². The summed E-state index contributed by atoms with van der Waals surface area (Å²) < 4.78 is 17.7. The van der Waals surface area contributed by atoms with Crippen molar-refractivity contribution in [2.24, 2.45) is 5.41 Å². The molecule has 0 aliphatic heterocycles. The first-order chi connectivity index (χ1) is 7.71. The lowest BCUT2D eigenvalue weighted by molar-refractivity contribution is -0.119. The van der Waals surface area contributed by atoms with E-state index in [2.05, 4.69) is 0 Å². The van der Waals surface area contributed by atoms with Gasteiger partial charge in [0.2, 0.25) is 5.52 Å². The van der Waals surface area contributed by atoms with Crippen molar-refractivity contribution in [2.45, 2.75) is 27.7 Å². The quantitative estimate of drug-likeness (QED) is 0.778. The van der Waals surface area contributed by atoms with Gasteiger partial charge < -0.3 is 4.52 Å². The monoisotopic (exact) mass is 254 g/mol. The summed E-state index contributed by atoms with van der Waals surface area (Å²) in [5.74, 6) is 0. The van der Waals surface area contributed by atoms with Crippen molar-refractivity contribution >= 4 is 18.2 Å². The van der Waals surface area contributed by atoms with Crippen LogP contribution in [-0.2, 0) is 13.9 Å². The van der Waals surface area contributed by atoms with Gasteiger partial charge in [-0.2, -0.15) is 0 Å². The van der Waals surface area contributed by atoms with Gasteiger partial charge in [-0.3, -0.25) is 9.36 Å². The first-order valence-electron chi connectivity index (χ1n) is 5.50. The molecule has 0 bridgehead atoms. The molecular weight excluding hydrogens is 235 g/mol. The molecule has 1 aromatic carbocycles. The largest absolute Gasteiger partial charge is 0.323 e. The molecule has 0 amide bonds. The molecule has 0 fully saturated rings. The van der Waals surface area contributed by atoms with Crippen LogP contribution in [0, 0.1) is 12.3 Å². The minimum absolute atomic E-state index is 0.351. The molecular formula is C13H19O3P. The SMILES string of the molecule is COP(=O)(C(=O)C(C)(C)C)c1ccc(C)cc1. The first kappa shape index (κ1) is 14.1. The highest BCUT2D eigenvalue weighted by molar-refractivity contribution is 7.83. The molecule has 0 aliphatic carbocycles. The highest BCUT2D eigenvalue weighted by atomic mass is 31.2. The van der Waals surface area contributed by atoms with Crippen LogP contribution in [0.15, 0.2) is 24.3 Å². The highest BCUT2D eigenvalue weighted by Gasteiger charge is 2.41. The molecule has 94 valence electrons. The molecule has 1 atom stereocenters. The van der Waals surface area contributed by atoms with Crippen LogP contribution in [0.4, 0.5) is 0 Å². The first-order valence-corrected chi connectivity index (χ1v) is 7.12. The van der Waals surface area contributed by atoms with E-state index in [1.807, 2.05) is 19.1 Å². The summed E-state index contributed by atoms with van der Waals surface area (Å²) in [6, 6.07) is 7.06. The number of carbonyl (C=O) groups is 1. The molecule has 0 aromatic heterocycles. The smallest absolute Gasteiger partial charge is 0.296 e. The van der Waals surface area contributed by atoms with Gasteiger partial charge in [-0.25, -0.2) is 0 Å². The average molecular weight is 254 g/mol. The number of hydrogen-bond donors (Lipinski definition) is 0. The third-order valence-corrected chi connectivity index (χ3v) is 5.24. The molecule has 17 heavy (non-hydrogen) atoms. The molecule has 3 nitrogen and oxygen atoms in total. The van der Waals surface area contributed by atoms with Gasteiger partial charge in [0, 0.05) is 17.8 Å². The normalized spacial score (nSPS) is 15.4. The summed E-state index contributed by atoms with van der Waals surface area (Å²) in [6.07, 6.45) is 0. The third-order valence-electron chi connectivity index (χ3n) is 2.54. The minimum atomic E-state index is -3.42. The van der Waals surface area contributed by atoms with Gasteiger partial charge in [-0.15, -0.1) is 0 Å². The molecule has 4 heteroatoms. The summed E-state index contributed by atoms with van der Waals surface area (Å²) in [5, 5.41) is 0.463. The lowest BCUT2D eigenvalue weighted by Crippen LogP contribution is -2.25. The molecule has 1 aromatic rings. The summed E-state index contributed by atoms with van der Waals surface area (Å²) in [5.41, 5.74) is 0.0205. The molecule has 0 saturated carbocycles. The van der Waals surface area contributed by atoms with Gasteiger partial charge in [0.05, 0.1) is 0 Å². The zero-order chi connectivity index (χ0) is 13.3. The molecule has 0 N–H and O–H groups in total. The second kappa shape index (κ2) is 4.75. The summed E-state index contributed by atoms with van der Waals surface area (Å²) in [6.45, 7) is 7.17. The van der Waals surface area contributed by atoms with Gasteiger partial charge in [0.25, 0.3) is 7.37 Å². The Balaban J connectivity index is 3.26. The van der Waals surface area contributed by atoms with Crippen molar-refractivity contribution in [3.63, 3.8) is 0 Å². The number of benzene rings is 1. The van der Waals surface area contributed by atoms with Crippen molar-refractivity contribution in [2.75, 3.05) is 7.11 Å². The Morgan fingerprint density at radius 2 is 1.65 bits per heavy atom. The van der Waals surface area contributed by atoms with E-state index in [9.17, 15) is 9.36 Å². The van der Waals surface area contributed by atoms with Crippen LogP contribution in [-0.4, -0.2) is 12.6 Å². The lowest BCUT2D eigenvalue weighted by atomic mass is 9.99. The second-order valence-corrected chi connectivity index (χ2v) is 7.52. The molecule has 1 rings (SSSR count). The number of hydrogen-bond acceptors (Lipinski definition) is 3. The van der Waals surface area contributed by atoms with Gasteiger partial charge in [-0.1, -0.05) is 38.5 Å². The van der Waals surface area contributed by atoms with E-state index in [0.717, 1.165) is 5.56 Å². The van der Waals surface area contributed by atoms with E-state index in [1.54, 1.807) is 32.9 Å². The standard InChI is InChI=1S/C13H19O3P/c1-10-6-8-11(9-7-10)17(15,16-5)12(14)13(2,3)4/h6-9H,1-5H3. The van der Waals surface area contributed by atoms with Crippen molar-refractivity contribution in [1.82, 2.24) is 0 Å². The van der Waals surface area contributed by atoms with Crippen LogP contribution in [0.3, 0.4) is 0 Å². The number of aryl methyl sites for hydroxylation is 1. The van der Waals surface area contributed by atoms with Gasteiger partial charge in [0.15, 0.2) is 0 Å². The van der Waals surface area contributed by atoms with Crippen molar-refractivity contribution in [3.8, 4) is 0 Å². The maximum atomic E-state index is 12.7. The zero-order valence-electron chi connectivity index (χ0n) is 11.0. The zero-order valence-corrected chi connectivity index (χ0v) is 11.9. The Labute approximate surface area is 103 Å². The Bertz CT molecular complexity index is 455. The van der Waals surface area contributed by atoms with E-state index >= 15 is 0 Å².